The van der Waals surface area contributed by atoms with Crippen molar-refractivity contribution < 1.29 is 9.53 Å². The van der Waals surface area contributed by atoms with Gasteiger partial charge in [0.15, 0.2) is 5.88 Å². The molecule has 7 N–H and O–H groups in total. The zero-order chi connectivity index (χ0) is 16.3. The molecule has 0 aliphatic rings. The third-order valence-corrected chi connectivity index (χ3v) is 3.65. The van der Waals surface area contributed by atoms with E-state index < -0.39 is 0 Å². The van der Waals surface area contributed by atoms with E-state index in [-0.39, 0.29) is 9.36 Å². The fourth-order valence-electron chi connectivity index (χ4n) is 1.15. The standard InChI is InChI=1S/C12H22IN5O2S/c1-8(2)7-20-12(9(5-14)11(13)19)17-3-4-21-10(6-15)18-16/h5-6,8,14,17-18H,3-4,7,15-16H2,1-2H3/b10-6+,12-9-,14-5?. The number of halogens is 1. The minimum absolute atomic E-state index is 0.216. The van der Waals surface area contributed by atoms with E-state index in [9.17, 15) is 4.79 Å². The summed E-state index contributed by atoms with van der Waals surface area (Å²) in [5.41, 5.74) is 8.04. The van der Waals surface area contributed by atoms with Crippen molar-refractivity contribution in [2.24, 2.45) is 17.5 Å². The van der Waals surface area contributed by atoms with Crippen molar-refractivity contribution in [1.29, 1.82) is 5.41 Å². The van der Waals surface area contributed by atoms with Gasteiger partial charge in [-0.1, -0.05) is 13.8 Å². The second-order valence-electron chi connectivity index (χ2n) is 4.32. The molecule has 0 saturated carbocycles. The molecule has 0 aromatic heterocycles. The van der Waals surface area contributed by atoms with Crippen LogP contribution in [0.1, 0.15) is 13.8 Å². The molecule has 7 nitrogen and oxygen atoms in total. The van der Waals surface area contributed by atoms with Crippen molar-refractivity contribution in [3.8, 4) is 0 Å². The van der Waals surface area contributed by atoms with E-state index in [1.165, 1.54) is 18.0 Å². The third kappa shape index (κ3) is 8.83. The van der Waals surface area contributed by atoms with Crippen LogP contribution < -0.4 is 22.3 Å². The van der Waals surface area contributed by atoms with Gasteiger partial charge in [0.25, 0.3) is 0 Å². The van der Waals surface area contributed by atoms with Crippen LogP contribution in [0.2, 0.25) is 0 Å². The lowest BCUT2D eigenvalue weighted by Gasteiger charge is -2.16. The number of ether oxygens (including phenoxy) is 1. The van der Waals surface area contributed by atoms with Gasteiger partial charge in [-0.05, 0) is 5.92 Å². The molecule has 0 aliphatic heterocycles. The minimum Gasteiger partial charge on any atom is -0.478 e. The van der Waals surface area contributed by atoms with Gasteiger partial charge in [-0.15, -0.1) is 11.8 Å². The molecule has 0 bridgehead atoms. The highest BCUT2D eigenvalue weighted by Gasteiger charge is 2.13. The molecule has 0 spiro atoms. The average molecular weight is 427 g/mol. The van der Waals surface area contributed by atoms with Crippen LogP contribution in [0.3, 0.4) is 0 Å². The molecule has 9 heteroatoms. The summed E-state index contributed by atoms with van der Waals surface area (Å²) >= 11 is 3.07. The molecule has 0 amide bonds. The van der Waals surface area contributed by atoms with Gasteiger partial charge in [0, 0.05) is 47.3 Å². The number of carbonyl (C=O) groups is 1. The number of nitrogens with two attached hydrogens (primary N) is 2. The fraction of sp³-hybridized carbons (Fsp3) is 0.500. The van der Waals surface area contributed by atoms with Crippen LogP contribution in [0.15, 0.2) is 22.7 Å². The first kappa shape index (κ1) is 20.1. The topological polar surface area (TPSA) is 126 Å². The maximum Gasteiger partial charge on any atom is 0.229 e. The van der Waals surface area contributed by atoms with Crippen molar-refractivity contribution in [3.63, 3.8) is 0 Å². The Balaban J connectivity index is 4.62. The molecule has 0 rings (SSSR count). The summed E-state index contributed by atoms with van der Waals surface area (Å²) in [4.78, 5) is 11.5. The number of carbonyl (C=O) groups excluding carboxylic acids is 1. The molecule has 0 aliphatic carbocycles. The SMILES string of the molecule is CC(C)CO/C(NCCS/C(=C/N)NN)=C(/C=N)C(=O)I. The van der Waals surface area contributed by atoms with Gasteiger partial charge in [-0.25, -0.2) is 5.84 Å². The van der Waals surface area contributed by atoms with Crippen LogP contribution in [-0.4, -0.2) is 28.9 Å². The van der Waals surface area contributed by atoms with Crippen molar-refractivity contribution in [2.75, 3.05) is 18.9 Å². The summed E-state index contributed by atoms with van der Waals surface area (Å²) in [6.45, 7) is 5.02. The van der Waals surface area contributed by atoms with Crippen LogP contribution in [0.4, 0.5) is 0 Å². The fourth-order valence-corrected chi connectivity index (χ4v) is 2.15. The van der Waals surface area contributed by atoms with Crippen LogP contribution in [-0.2, 0) is 9.53 Å². The summed E-state index contributed by atoms with van der Waals surface area (Å²) in [5.74, 6) is 6.59. The molecule has 0 atom stereocenters. The predicted molar refractivity (Wildman–Crippen MR) is 95.7 cm³/mol. The second-order valence-corrected chi connectivity index (χ2v) is 6.43. The lowest BCUT2D eigenvalue weighted by molar-refractivity contribution is -0.106. The molecule has 21 heavy (non-hydrogen) atoms. The van der Waals surface area contributed by atoms with Crippen molar-refractivity contribution in [1.82, 2.24) is 10.7 Å². The minimum atomic E-state index is -0.243. The average Bonchev–Trinajstić information content (AvgIpc) is 2.44. The van der Waals surface area contributed by atoms with Gasteiger partial charge in [-0.2, -0.15) is 0 Å². The van der Waals surface area contributed by atoms with Crippen LogP contribution in [0, 0.1) is 11.3 Å². The van der Waals surface area contributed by atoms with Crippen LogP contribution in [0.5, 0.6) is 0 Å². The van der Waals surface area contributed by atoms with E-state index in [1.807, 2.05) is 13.8 Å². The number of hydrogen-bond acceptors (Lipinski definition) is 8. The van der Waals surface area contributed by atoms with Crippen molar-refractivity contribution in [2.45, 2.75) is 13.8 Å². The Hall–Kier alpha value is -0.940. The molecule has 0 heterocycles. The quantitative estimate of drug-likeness (QED) is 0.0487. The van der Waals surface area contributed by atoms with Gasteiger partial charge < -0.3 is 26.6 Å². The monoisotopic (exact) mass is 427 g/mol. The largest absolute Gasteiger partial charge is 0.478 e. The molecular formula is C12H22IN5O2S. The van der Waals surface area contributed by atoms with Gasteiger partial charge in [0.2, 0.25) is 3.79 Å². The van der Waals surface area contributed by atoms with Gasteiger partial charge in [-0.3, -0.25) is 4.79 Å². The second kappa shape index (κ2) is 11.7. The van der Waals surface area contributed by atoms with Crippen molar-refractivity contribution >= 4 is 44.4 Å². The molecule has 0 fully saturated rings. The van der Waals surface area contributed by atoms with E-state index in [1.54, 1.807) is 22.6 Å². The van der Waals surface area contributed by atoms with E-state index in [4.69, 9.17) is 21.7 Å². The summed E-state index contributed by atoms with van der Waals surface area (Å²) in [6.07, 6.45) is 2.38. The maximum atomic E-state index is 11.5. The number of hydrazine groups is 1. The molecule has 120 valence electrons. The Morgan fingerprint density at radius 2 is 2.19 bits per heavy atom. The highest BCUT2D eigenvalue weighted by molar-refractivity contribution is 14.1. The number of hydrogen-bond donors (Lipinski definition) is 5. The molecule has 0 aromatic carbocycles. The van der Waals surface area contributed by atoms with E-state index in [0.29, 0.717) is 35.7 Å². The molecule has 0 aromatic rings. The van der Waals surface area contributed by atoms with Crippen molar-refractivity contribution in [3.05, 3.63) is 22.7 Å². The molecule has 0 saturated heterocycles. The van der Waals surface area contributed by atoms with Crippen LogP contribution >= 0.6 is 34.4 Å². The lowest BCUT2D eigenvalue weighted by Crippen LogP contribution is -2.25. The smallest absolute Gasteiger partial charge is 0.229 e. The Morgan fingerprint density at radius 1 is 1.52 bits per heavy atom. The molecule has 0 radical (unpaired) electrons. The summed E-state index contributed by atoms with van der Waals surface area (Å²) in [6, 6.07) is 0. The normalized spacial score (nSPS) is 12.7. The number of thioether (sulfide) groups is 1. The third-order valence-electron chi connectivity index (χ3n) is 2.10. The first-order chi connectivity index (χ1) is 9.96. The Bertz CT molecular complexity index is 412. The predicted octanol–water partition coefficient (Wildman–Crippen LogP) is 1.03. The molecule has 0 unspecified atom stereocenters. The lowest BCUT2D eigenvalue weighted by atomic mass is 10.2. The van der Waals surface area contributed by atoms with Gasteiger partial charge in [0.1, 0.15) is 5.57 Å². The van der Waals surface area contributed by atoms with Crippen LogP contribution in [0.25, 0.3) is 0 Å². The zero-order valence-electron chi connectivity index (χ0n) is 12.1. The number of nitrogens with one attached hydrogen (secondary N) is 3. The highest BCUT2D eigenvalue weighted by Crippen LogP contribution is 2.11. The highest BCUT2D eigenvalue weighted by atomic mass is 127. The summed E-state index contributed by atoms with van der Waals surface area (Å²) < 4.78 is 5.34. The Labute approximate surface area is 142 Å². The summed E-state index contributed by atoms with van der Waals surface area (Å²) in [7, 11) is 0. The first-order valence-corrected chi connectivity index (χ1v) is 8.35. The summed E-state index contributed by atoms with van der Waals surface area (Å²) in [5, 5.41) is 11.0. The Kier molecular flexibility index (Phi) is 11.2. The Morgan fingerprint density at radius 3 is 2.62 bits per heavy atom. The molecular weight excluding hydrogens is 405 g/mol. The first-order valence-electron chi connectivity index (χ1n) is 6.28. The van der Waals surface area contributed by atoms with Gasteiger partial charge in [0.05, 0.1) is 11.6 Å². The van der Waals surface area contributed by atoms with E-state index >= 15 is 0 Å². The van der Waals surface area contributed by atoms with E-state index in [2.05, 4.69) is 10.7 Å². The maximum absolute atomic E-state index is 11.5. The number of allylic oxidation sites excluding steroid dienone is 1. The van der Waals surface area contributed by atoms with E-state index in [0.717, 1.165) is 6.21 Å². The number of rotatable bonds is 11. The van der Waals surface area contributed by atoms with Gasteiger partial charge >= 0.3 is 0 Å². The zero-order valence-corrected chi connectivity index (χ0v) is 15.1.